The molecule has 2 heterocycles. The highest BCUT2D eigenvalue weighted by Crippen LogP contribution is 2.26. The van der Waals surface area contributed by atoms with Crippen LogP contribution in [-0.2, 0) is 0 Å². The number of hydrogen-bond donors (Lipinski definition) is 0. The lowest BCUT2D eigenvalue weighted by atomic mass is 10.2. The smallest absolute Gasteiger partial charge is 0.142 e. The Hall–Kier alpha value is -2.54. The van der Waals surface area contributed by atoms with Gasteiger partial charge in [-0.25, -0.2) is 4.98 Å². The van der Waals surface area contributed by atoms with E-state index < -0.39 is 0 Å². The maximum atomic E-state index is 8.97. The van der Waals surface area contributed by atoms with Crippen molar-refractivity contribution >= 4 is 5.69 Å². The topological polar surface area (TPSA) is 49.2 Å². The molecule has 1 atom stereocenters. The van der Waals surface area contributed by atoms with Gasteiger partial charge in [0.15, 0.2) is 0 Å². The van der Waals surface area contributed by atoms with Gasteiger partial charge in [-0.3, -0.25) is 0 Å². The van der Waals surface area contributed by atoms with Crippen LogP contribution in [0.1, 0.15) is 18.5 Å². The van der Waals surface area contributed by atoms with Gasteiger partial charge in [0.1, 0.15) is 24.1 Å². The van der Waals surface area contributed by atoms with Crippen molar-refractivity contribution in [2.24, 2.45) is 0 Å². The molecule has 4 heteroatoms. The summed E-state index contributed by atoms with van der Waals surface area (Å²) in [6, 6.07) is 16.1. The lowest BCUT2D eigenvalue weighted by Gasteiger charge is -2.26. The first-order chi connectivity index (χ1) is 10.4. The van der Waals surface area contributed by atoms with Crippen LogP contribution in [0.15, 0.2) is 48.7 Å². The molecule has 1 aromatic carbocycles. The summed E-state index contributed by atoms with van der Waals surface area (Å²) in [5, 5.41) is 8.97. The van der Waals surface area contributed by atoms with Crippen LogP contribution in [0, 0.1) is 11.3 Å². The molecule has 0 unspecified atom stereocenters. The van der Waals surface area contributed by atoms with Crippen LogP contribution < -0.4 is 9.64 Å². The van der Waals surface area contributed by atoms with E-state index in [-0.39, 0.29) is 0 Å². The number of rotatable bonds is 4. The molecule has 0 amide bonds. The molecule has 0 spiro atoms. The number of para-hydroxylation sites is 1. The zero-order valence-corrected chi connectivity index (χ0v) is 11.8. The number of benzene rings is 1. The molecule has 1 saturated heterocycles. The van der Waals surface area contributed by atoms with E-state index in [1.165, 1.54) is 0 Å². The number of ether oxygens (including phenoxy) is 1. The predicted octanol–water partition coefficient (Wildman–Crippen LogP) is 3.00. The van der Waals surface area contributed by atoms with Crippen molar-refractivity contribution in [2.75, 3.05) is 18.1 Å². The Kier molecular flexibility index (Phi) is 4.02. The molecular formula is C17H17N3O. The lowest BCUT2D eigenvalue weighted by Crippen LogP contribution is -2.34. The number of hydrogen-bond acceptors (Lipinski definition) is 4. The van der Waals surface area contributed by atoms with Crippen LogP contribution in [-0.4, -0.2) is 24.2 Å². The Morgan fingerprint density at radius 1 is 1.29 bits per heavy atom. The highest BCUT2D eigenvalue weighted by atomic mass is 16.5. The van der Waals surface area contributed by atoms with Crippen molar-refractivity contribution in [1.29, 1.82) is 5.26 Å². The van der Waals surface area contributed by atoms with Crippen LogP contribution in [0.25, 0.3) is 0 Å². The van der Waals surface area contributed by atoms with Gasteiger partial charge >= 0.3 is 0 Å². The Morgan fingerprint density at radius 3 is 2.95 bits per heavy atom. The van der Waals surface area contributed by atoms with E-state index in [2.05, 4.69) is 16.0 Å². The van der Waals surface area contributed by atoms with Gasteiger partial charge in [-0.1, -0.05) is 18.2 Å². The van der Waals surface area contributed by atoms with E-state index in [1.807, 2.05) is 42.5 Å². The largest absolute Gasteiger partial charge is 0.491 e. The van der Waals surface area contributed by atoms with Crippen molar-refractivity contribution in [2.45, 2.75) is 18.9 Å². The Labute approximate surface area is 124 Å². The monoisotopic (exact) mass is 279 g/mol. The standard InChI is InChI=1S/C17H17N3O/c18-12-14-11-15(8-9-19-14)20-10-4-5-16(20)13-21-17-6-2-1-3-7-17/h1-3,6-9,11,16H,4-5,10,13H2/t16-/m0/s1. The third-order valence-electron chi connectivity index (χ3n) is 3.75. The summed E-state index contributed by atoms with van der Waals surface area (Å²) in [4.78, 5) is 6.34. The fraction of sp³-hybridized carbons (Fsp3) is 0.294. The Bertz CT molecular complexity index is 636. The number of nitriles is 1. The summed E-state index contributed by atoms with van der Waals surface area (Å²) < 4.78 is 5.88. The van der Waals surface area contributed by atoms with E-state index in [9.17, 15) is 0 Å². The highest BCUT2D eigenvalue weighted by Gasteiger charge is 2.25. The summed E-state index contributed by atoms with van der Waals surface area (Å²) >= 11 is 0. The van der Waals surface area contributed by atoms with E-state index in [1.54, 1.807) is 6.20 Å². The third-order valence-corrected chi connectivity index (χ3v) is 3.75. The van der Waals surface area contributed by atoms with Crippen LogP contribution in [0.4, 0.5) is 5.69 Å². The molecule has 0 N–H and O–H groups in total. The first-order valence-electron chi connectivity index (χ1n) is 7.17. The quantitative estimate of drug-likeness (QED) is 0.863. The third kappa shape index (κ3) is 3.14. The molecule has 0 bridgehead atoms. The maximum Gasteiger partial charge on any atom is 0.142 e. The SMILES string of the molecule is N#Cc1cc(N2CCC[C@H]2COc2ccccc2)ccn1. The molecular weight excluding hydrogens is 262 g/mol. The summed E-state index contributed by atoms with van der Waals surface area (Å²) in [6.45, 7) is 1.66. The fourth-order valence-electron chi connectivity index (χ4n) is 2.72. The molecule has 2 aromatic rings. The molecule has 1 aliphatic rings. The predicted molar refractivity (Wildman–Crippen MR) is 81.3 cm³/mol. The molecule has 1 aliphatic heterocycles. The fourth-order valence-corrected chi connectivity index (χ4v) is 2.72. The number of aromatic nitrogens is 1. The van der Waals surface area contributed by atoms with E-state index in [0.29, 0.717) is 18.3 Å². The molecule has 3 rings (SSSR count). The van der Waals surface area contributed by atoms with Gasteiger partial charge < -0.3 is 9.64 Å². The summed E-state index contributed by atoms with van der Waals surface area (Å²) in [5.74, 6) is 0.900. The van der Waals surface area contributed by atoms with Gasteiger partial charge in [-0.15, -0.1) is 0 Å². The van der Waals surface area contributed by atoms with Gasteiger partial charge in [0.2, 0.25) is 0 Å². The second-order valence-electron chi connectivity index (χ2n) is 5.12. The highest BCUT2D eigenvalue weighted by molar-refractivity contribution is 5.50. The van der Waals surface area contributed by atoms with Gasteiger partial charge in [-0.2, -0.15) is 5.26 Å². The first kappa shape index (κ1) is 13.4. The Balaban J connectivity index is 1.69. The molecule has 1 aromatic heterocycles. The second-order valence-corrected chi connectivity index (χ2v) is 5.12. The van der Waals surface area contributed by atoms with Gasteiger partial charge in [0.05, 0.1) is 6.04 Å². The zero-order chi connectivity index (χ0) is 14.5. The van der Waals surface area contributed by atoms with Gasteiger partial charge in [0.25, 0.3) is 0 Å². The van der Waals surface area contributed by atoms with Gasteiger partial charge in [0, 0.05) is 18.4 Å². The molecule has 21 heavy (non-hydrogen) atoms. The summed E-state index contributed by atoms with van der Waals surface area (Å²) in [5.41, 5.74) is 1.52. The van der Waals surface area contributed by atoms with Crippen molar-refractivity contribution in [3.8, 4) is 11.8 Å². The molecule has 0 saturated carbocycles. The minimum absolute atomic E-state index is 0.346. The van der Waals surface area contributed by atoms with Crippen molar-refractivity contribution in [3.05, 3.63) is 54.4 Å². The number of nitrogens with zero attached hydrogens (tertiary/aromatic N) is 3. The van der Waals surface area contributed by atoms with Gasteiger partial charge in [-0.05, 0) is 37.1 Å². The molecule has 0 aliphatic carbocycles. The van der Waals surface area contributed by atoms with Crippen LogP contribution in [0.3, 0.4) is 0 Å². The molecule has 4 nitrogen and oxygen atoms in total. The average Bonchev–Trinajstić information content (AvgIpc) is 3.02. The first-order valence-corrected chi connectivity index (χ1v) is 7.17. The zero-order valence-electron chi connectivity index (χ0n) is 11.8. The maximum absolute atomic E-state index is 8.97. The minimum Gasteiger partial charge on any atom is -0.491 e. The molecule has 0 radical (unpaired) electrons. The number of pyridine rings is 1. The van der Waals surface area contributed by atoms with Crippen molar-refractivity contribution in [3.63, 3.8) is 0 Å². The van der Waals surface area contributed by atoms with Crippen LogP contribution in [0.2, 0.25) is 0 Å². The van der Waals surface area contributed by atoms with E-state index >= 15 is 0 Å². The normalized spacial score (nSPS) is 17.5. The molecule has 106 valence electrons. The second kappa shape index (κ2) is 6.27. The summed E-state index contributed by atoms with van der Waals surface area (Å²) in [7, 11) is 0. The van der Waals surface area contributed by atoms with E-state index in [4.69, 9.17) is 10.00 Å². The van der Waals surface area contributed by atoms with Crippen LogP contribution >= 0.6 is 0 Å². The minimum atomic E-state index is 0.346. The van der Waals surface area contributed by atoms with Crippen molar-refractivity contribution < 1.29 is 4.74 Å². The van der Waals surface area contributed by atoms with Crippen molar-refractivity contribution in [1.82, 2.24) is 4.98 Å². The number of anilines is 1. The van der Waals surface area contributed by atoms with E-state index in [0.717, 1.165) is 30.8 Å². The lowest BCUT2D eigenvalue weighted by molar-refractivity contribution is 0.288. The average molecular weight is 279 g/mol. The Morgan fingerprint density at radius 2 is 2.14 bits per heavy atom. The summed E-state index contributed by atoms with van der Waals surface area (Å²) in [6.07, 6.45) is 3.95. The molecule has 1 fully saturated rings. The van der Waals surface area contributed by atoms with Crippen LogP contribution in [0.5, 0.6) is 5.75 Å².